The van der Waals surface area contributed by atoms with Crippen LogP contribution >= 0.6 is 0 Å². The maximum Gasteiger partial charge on any atom is 0.260 e. The molecule has 2 atom stereocenters. The molecule has 0 aliphatic heterocycles. The van der Waals surface area contributed by atoms with Crippen LogP contribution in [0.1, 0.15) is 86.2 Å². The van der Waals surface area contributed by atoms with Crippen LogP contribution in [0.15, 0.2) is 122 Å². The number of benzene rings is 2. The van der Waals surface area contributed by atoms with E-state index in [0.29, 0.717) is 90.1 Å². The second kappa shape index (κ2) is 32.6. The lowest BCUT2D eigenvalue weighted by Gasteiger charge is -2.14. The first-order chi connectivity index (χ1) is 36.7. The van der Waals surface area contributed by atoms with E-state index in [1.54, 1.807) is 93.2 Å². The van der Waals surface area contributed by atoms with Crippen molar-refractivity contribution in [3.63, 3.8) is 0 Å². The number of likely N-dealkylation sites (N-methyl/N-ethyl adjacent to an activating group) is 1. The van der Waals surface area contributed by atoms with Crippen LogP contribution < -0.4 is 48.3 Å². The molecule has 4 heterocycles. The lowest BCUT2D eigenvalue weighted by atomic mass is 10.0. The van der Waals surface area contributed by atoms with E-state index in [4.69, 9.17) is 5.73 Å². The summed E-state index contributed by atoms with van der Waals surface area (Å²) in [5.74, 6) is -0.225. The third-order valence-corrected chi connectivity index (χ3v) is 11.0. The van der Waals surface area contributed by atoms with E-state index in [9.17, 15) is 24.0 Å². The van der Waals surface area contributed by atoms with Crippen molar-refractivity contribution in [3.05, 3.63) is 144 Å². The van der Waals surface area contributed by atoms with E-state index in [-0.39, 0.29) is 43.3 Å². The van der Waals surface area contributed by atoms with Gasteiger partial charge in [0.05, 0.1) is 6.04 Å². The van der Waals surface area contributed by atoms with Gasteiger partial charge in [0.25, 0.3) is 11.8 Å². The minimum atomic E-state index is -0.639. The van der Waals surface area contributed by atoms with E-state index in [1.807, 2.05) is 57.1 Å². The quantitative estimate of drug-likeness (QED) is 0.0223. The van der Waals surface area contributed by atoms with Crippen LogP contribution in [0.4, 0.5) is 46.3 Å². The van der Waals surface area contributed by atoms with Crippen LogP contribution in [0.5, 0.6) is 0 Å². The number of nitrogens with one attached hydrogen (secondary N) is 8. The zero-order valence-corrected chi connectivity index (χ0v) is 44.0. The van der Waals surface area contributed by atoms with Crippen molar-refractivity contribution in [3.8, 4) is 0 Å². The number of carbonyl (C=O) groups excluding carboxylic acids is 5. The summed E-state index contributed by atoms with van der Waals surface area (Å²) in [6.45, 7) is 10.6. The highest BCUT2D eigenvalue weighted by Crippen LogP contribution is 2.22. The molecule has 0 fully saturated rings. The Labute approximate surface area is 451 Å². The molecule has 21 heteroatoms. The Morgan fingerprint density at radius 3 is 1.44 bits per heavy atom. The number of allylic oxidation sites excluding steroid dienone is 1. The van der Waals surface area contributed by atoms with Gasteiger partial charge in [-0.3, -0.25) is 33.9 Å². The molecule has 4 amide bonds. The first kappa shape index (κ1) is 60.9. The Bertz CT molecular complexity index is 2850. The summed E-state index contributed by atoms with van der Waals surface area (Å²) in [4.78, 5) is 90.6. The van der Waals surface area contributed by atoms with Gasteiger partial charge in [-0.25, -0.2) is 9.97 Å². The van der Waals surface area contributed by atoms with Gasteiger partial charge >= 0.3 is 0 Å². The minimum Gasteiger partial charge on any atom is -0.369 e. The summed E-state index contributed by atoms with van der Waals surface area (Å²) in [7, 11) is 3.83. The van der Waals surface area contributed by atoms with Gasteiger partial charge in [0.1, 0.15) is 22.8 Å². The molecule has 21 nitrogen and oxygen atoms in total. The normalized spacial score (nSPS) is 11.4. The van der Waals surface area contributed by atoms with Crippen molar-refractivity contribution in [2.75, 3.05) is 89.4 Å². The molecule has 0 radical (unpaired) electrons. The summed E-state index contributed by atoms with van der Waals surface area (Å²) in [5, 5.41) is 24.0. The number of hydrogen-bond donors (Lipinski definition) is 9. The standard InChI is InChI=1S/C31H40N8O3.C24H30N8O2.CH4/c1-5-14-33-28-27(21-35-31(38-28)34-17-13-23-11-15-32-16-12-23)30(42)37-25-9-6-8-24(20-25)36-29(41)22(2)19-26(40)10-7-18-39(3)4;1-3-10-27-21-20(15-29-24(32-21)28-13-9-17-7-11-26-12-8-17)23(34)31-19-6-4-5-18(14-19)30-22(33)16(2)25;/h6-12,15-16,20-22H,5,13-14,17-19H2,1-4H3,(H,36,41)(H,37,42)(H2,33,34,35,38);4-8,11-12,14-16H,3,9-10,13,25H2,1-2H3,(H,30,33)(H,31,34)(H2,27,28,29,32);1H4/b10-7+;;/t22-;16-;/m10./s1. The third-order valence-electron chi connectivity index (χ3n) is 11.0. The molecule has 4 aromatic heterocycles. The highest BCUT2D eigenvalue weighted by Gasteiger charge is 2.19. The first-order valence-electron chi connectivity index (χ1n) is 25.2. The summed E-state index contributed by atoms with van der Waals surface area (Å²) in [6, 6.07) is 20.9. The number of ketones is 1. The van der Waals surface area contributed by atoms with E-state index >= 15 is 0 Å². The number of pyridine rings is 2. The number of anilines is 8. The van der Waals surface area contributed by atoms with Crippen LogP contribution in [0.25, 0.3) is 0 Å². The number of amides is 4. The number of rotatable bonds is 27. The van der Waals surface area contributed by atoms with E-state index < -0.39 is 12.0 Å². The number of nitrogens with two attached hydrogens (primary N) is 1. The molecule has 6 rings (SSSR count). The molecule has 0 spiro atoms. The van der Waals surface area contributed by atoms with Gasteiger partial charge in [-0.05, 0) is 125 Å². The van der Waals surface area contributed by atoms with Crippen molar-refractivity contribution in [1.82, 2.24) is 34.8 Å². The summed E-state index contributed by atoms with van der Waals surface area (Å²) < 4.78 is 0. The summed E-state index contributed by atoms with van der Waals surface area (Å²) in [5.41, 5.74) is 10.6. The molecule has 6 aromatic rings. The first-order valence-corrected chi connectivity index (χ1v) is 25.2. The van der Waals surface area contributed by atoms with Crippen molar-refractivity contribution >= 4 is 75.7 Å². The fraction of sp³-hybridized carbons (Fsp3) is 0.339. The zero-order valence-electron chi connectivity index (χ0n) is 44.0. The van der Waals surface area contributed by atoms with Crippen molar-refractivity contribution in [2.45, 2.75) is 73.3 Å². The van der Waals surface area contributed by atoms with Crippen LogP contribution in [-0.2, 0) is 27.2 Å². The lowest BCUT2D eigenvalue weighted by Crippen LogP contribution is -2.32. The summed E-state index contributed by atoms with van der Waals surface area (Å²) >= 11 is 0. The molecule has 10 N–H and O–H groups in total. The Morgan fingerprint density at radius 1 is 0.597 bits per heavy atom. The van der Waals surface area contributed by atoms with Gasteiger partial charge in [0.15, 0.2) is 5.78 Å². The molecule has 2 aromatic carbocycles. The molecular weight excluding hydrogens is 977 g/mol. The number of carbonyl (C=O) groups is 5. The Balaban J connectivity index is 0.000000335. The molecule has 77 heavy (non-hydrogen) atoms. The molecule has 0 saturated heterocycles. The fourth-order valence-electron chi connectivity index (χ4n) is 6.88. The predicted octanol–water partition coefficient (Wildman–Crippen LogP) is 7.77. The van der Waals surface area contributed by atoms with Crippen molar-refractivity contribution in [1.29, 1.82) is 0 Å². The monoisotopic (exact) mass is 1050 g/mol. The van der Waals surface area contributed by atoms with Gasteiger partial charge < -0.3 is 53.2 Å². The topological polar surface area (TPSA) is 288 Å². The van der Waals surface area contributed by atoms with Gasteiger partial charge in [-0.15, -0.1) is 0 Å². The van der Waals surface area contributed by atoms with Crippen LogP contribution in [0.3, 0.4) is 0 Å². The molecule has 0 bridgehead atoms. The predicted molar refractivity (Wildman–Crippen MR) is 307 cm³/mol. The fourth-order valence-corrected chi connectivity index (χ4v) is 6.88. The van der Waals surface area contributed by atoms with E-state index in [1.165, 1.54) is 18.5 Å². The van der Waals surface area contributed by atoms with Crippen molar-refractivity contribution < 1.29 is 24.0 Å². The Hall–Kier alpha value is -8.69. The maximum atomic E-state index is 13.2. The smallest absolute Gasteiger partial charge is 0.260 e. The molecule has 0 saturated carbocycles. The molecule has 408 valence electrons. The number of aromatic nitrogens is 6. The third kappa shape index (κ3) is 21.6. The highest BCUT2D eigenvalue weighted by molar-refractivity contribution is 6.08. The van der Waals surface area contributed by atoms with Crippen LogP contribution in [0.2, 0.25) is 0 Å². The van der Waals surface area contributed by atoms with Gasteiger partial charge in [-0.2, -0.15) is 9.97 Å². The molecular formula is C56H74N16O5. The second-order valence-corrected chi connectivity index (χ2v) is 17.9. The Kier molecular flexibility index (Phi) is 25.8. The molecule has 0 unspecified atom stereocenters. The SMILES string of the molecule is C.CCCNc1nc(NCCc2ccncc2)ncc1C(=O)Nc1cccc(NC(=O)[C@H](C)CC(=O)/C=C/CN(C)C)c1.CCCNc1nc(NCCc2ccncc2)ncc1C(=O)Nc1cccc(NC(=O)[C@H](C)N)c1. The van der Waals surface area contributed by atoms with Gasteiger partial charge in [-0.1, -0.05) is 46.4 Å². The van der Waals surface area contributed by atoms with Gasteiger partial charge in [0.2, 0.25) is 23.7 Å². The van der Waals surface area contributed by atoms with Gasteiger partial charge in [0, 0.05) is 105 Å². The second-order valence-electron chi connectivity index (χ2n) is 17.9. The van der Waals surface area contributed by atoms with E-state index in [2.05, 4.69) is 72.4 Å². The Morgan fingerprint density at radius 2 is 1.03 bits per heavy atom. The maximum absolute atomic E-state index is 13.2. The average molecular weight is 1050 g/mol. The average Bonchev–Trinajstić information content (AvgIpc) is 3.40. The minimum absolute atomic E-state index is 0. The highest BCUT2D eigenvalue weighted by atomic mass is 16.2. The summed E-state index contributed by atoms with van der Waals surface area (Å²) in [6.07, 6.45) is 16.7. The zero-order chi connectivity index (χ0) is 54.7. The van der Waals surface area contributed by atoms with Crippen molar-refractivity contribution in [2.24, 2.45) is 11.7 Å². The van der Waals surface area contributed by atoms with Crippen LogP contribution in [-0.4, -0.2) is 117 Å². The van der Waals surface area contributed by atoms with Crippen LogP contribution in [0, 0.1) is 5.92 Å². The van der Waals surface area contributed by atoms with E-state index in [0.717, 1.165) is 36.8 Å². The number of nitrogens with zero attached hydrogens (tertiary/aromatic N) is 7. The largest absolute Gasteiger partial charge is 0.369 e. The molecule has 0 aliphatic rings. The lowest BCUT2D eigenvalue weighted by molar-refractivity contribution is -0.123. The number of hydrogen-bond acceptors (Lipinski definition) is 17. The molecule has 0 aliphatic carbocycles.